The number of anilines is 2. The van der Waals surface area contributed by atoms with Gasteiger partial charge in [0, 0.05) is 45.2 Å². The van der Waals surface area contributed by atoms with Crippen molar-refractivity contribution in [2.24, 2.45) is 0 Å². The quantitative estimate of drug-likeness (QED) is 0.188. The van der Waals surface area contributed by atoms with Crippen LogP contribution in [0.25, 0.3) is 44.2 Å². The Bertz CT molecular complexity index is 2650. The molecule has 0 N–H and O–H groups in total. The molecule has 0 amide bonds. The van der Waals surface area contributed by atoms with Crippen molar-refractivity contribution < 1.29 is 4.74 Å². The third-order valence-electron chi connectivity index (χ3n) is 11.3. The molecule has 7 aromatic rings. The van der Waals surface area contributed by atoms with Crippen molar-refractivity contribution in [1.82, 2.24) is 4.57 Å². The van der Waals surface area contributed by atoms with E-state index in [1.165, 1.54) is 78.0 Å². The molecule has 2 aliphatic carbocycles. The maximum atomic E-state index is 6.43. The van der Waals surface area contributed by atoms with E-state index in [9.17, 15) is 0 Å². The summed E-state index contributed by atoms with van der Waals surface area (Å²) in [5.41, 5.74) is 15.2. The standard InChI is InChI=1S/C48H34N2O/c1-2-11-31(12-3-1)32-21-25-35(26-22-32)49-41-16-7-4-13-36(41)39-29-33(23-27-43(39)49)34-24-28-44-40(30-34)37-14-5-8-17-42(37)50(44)45-18-10-20-47-48(45)38-15-6-9-19-46(38)51-47/h1-29,38,40,46H,30H2. The lowest BCUT2D eigenvalue weighted by atomic mass is 9.84. The van der Waals surface area contributed by atoms with Crippen LogP contribution in [0, 0.1) is 0 Å². The number of fused-ring (bicyclic) bond motifs is 9. The highest BCUT2D eigenvalue weighted by molar-refractivity contribution is 6.10. The van der Waals surface area contributed by atoms with E-state index in [1.807, 2.05) is 0 Å². The highest BCUT2D eigenvalue weighted by Crippen LogP contribution is 2.56. The molecule has 51 heavy (non-hydrogen) atoms. The fraction of sp³-hybridized carbons (Fsp3) is 0.0833. The molecular formula is C48H34N2O. The molecule has 3 nitrogen and oxygen atoms in total. The first-order valence-electron chi connectivity index (χ1n) is 17.9. The summed E-state index contributed by atoms with van der Waals surface area (Å²) in [4.78, 5) is 2.50. The summed E-state index contributed by atoms with van der Waals surface area (Å²) in [6.45, 7) is 0. The summed E-state index contributed by atoms with van der Waals surface area (Å²) in [5.74, 6) is 1.49. The molecule has 3 atom stereocenters. The van der Waals surface area contributed by atoms with Crippen LogP contribution in [0.5, 0.6) is 5.75 Å². The van der Waals surface area contributed by atoms with E-state index in [2.05, 4.69) is 185 Å². The summed E-state index contributed by atoms with van der Waals surface area (Å²) < 4.78 is 8.84. The van der Waals surface area contributed by atoms with Gasteiger partial charge >= 0.3 is 0 Å². The van der Waals surface area contributed by atoms with E-state index in [0.29, 0.717) is 0 Å². The first-order chi connectivity index (χ1) is 25.3. The van der Waals surface area contributed by atoms with Crippen LogP contribution in [-0.2, 0) is 0 Å². The Labute approximate surface area is 297 Å². The predicted octanol–water partition coefficient (Wildman–Crippen LogP) is 12.0. The highest BCUT2D eigenvalue weighted by Gasteiger charge is 2.41. The van der Waals surface area contributed by atoms with E-state index in [1.54, 1.807) is 0 Å². The summed E-state index contributed by atoms with van der Waals surface area (Å²) >= 11 is 0. The minimum absolute atomic E-state index is 0.0566. The van der Waals surface area contributed by atoms with E-state index < -0.39 is 0 Å². The minimum Gasteiger partial charge on any atom is -0.485 e. The Morgan fingerprint density at radius 3 is 2.24 bits per heavy atom. The molecule has 6 aromatic carbocycles. The van der Waals surface area contributed by atoms with E-state index in [-0.39, 0.29) is 17.9 Å². The van der Waals surface area contributed by atoms with E-state index in [4.69, 9.17) is 4.74 Å². The van der Waals surface area contributed by atoms with Gasteiger partial charge in [-0.3, -0.25) is 0 Å². The zero-order valence-corrected chi connectivity index (χ0v) is 28.0. The van der Waals surface area contributed by atoms with Gasteiger partial charge in [0.15, 0.2) is 0 Å². The Hall–Kier alpha value is -6.32. The van der Waals surface area contributed by atoms with Crippen molar-refractivity contribution in [3.05, 3.63) is 198 Å². The second-order valence-corrected chi connectivity index (χ2v) is 14.0. The number of aromatic nitrogens is 1. The second kappa shape index (κ2) is 11.1. The van der Waals surface area contributed by atoms with Gasteiger partial charge in [0.25, 0.3) is 0 Å². The lowest BCUT2D eigenvalue weighted by Crippen LogP contribution is -2.19. The smallest absolute Gasteiger partial charge is 0.128 e. The molecule has 3 heteroatoms. The first kappa shape index (κ1) is 28.5. The summed E-state index contributed by atoms with van der Waals surface area (Å²) in [7, 11) is 0. The third-order valence-corrected chi connectivity index (χ3v) is 11.3. The van der Waals surface area contributed by atoms with Crippen LogP contribution in [0.15, 0.2) is 182 Å². The zero-order valence-electron chi connectivity index (χ0n) is 28.0. The molecule has 0 saturated carbocycles. The van der Waals surface area contributed by atoms with E-state index in [0.717, 1.165) is 12.2 Å². The number of rotatable bonds is 4. The van der Waals surface area contributed by atoms with E-state index >= 15 is 0 Å². The molecule has 0 bridgehead atoms. The number of nitrogens with zero attached hydrogens (tertiary/aromatic N) is 2. The van der Waals surface area contributed by atoms with Crippen LogP contribution >= 0.6 is 0 Å². The topological polar surface area (TPSA) is 17.4 Å². The van der Waals surface area contributed by atoms with Crippen molar-refractivity contribution in [2.75, 3.05) is 4.90 Å². The van der Waals surface area contributed by atoms with Gasteiger partial charge in [0.1, 0.15) is 11.9 Å². The van der Waals surface area contributed by atoms with Crippen LogP contribution < -0.4 is 9.64 Å². The molecule has 0 radical (unpaired) electrons. The molecule has 0 spiro atoms. The van der Waals surface area contributed by atoms with Crippen molar-refractivity contribution in [3.63, 3.8) is 0 Å². The zero-order chi connectivity index (χ0) is 33.5. The molecular weight excluding hydrogens is 621 g/mol. The molecule has 11 rings (SSSR count). The number of benzene rings is 6. The number of hydrogen-bond donors (Lipinski definition) is 0. The Morgan fingerprint density at radius 2 is 1.31 bits per heavy atom. The average Bonchev–Trinajstić information content (AvgIpc) is 3.86. The molecule has 0 fully saturated rings. The largest absolute Gasteiger partial charge is 0.485 e. The van der Waals surface area contributed by atoms with Crippen molar-refractivity contribution in [3.8, 4) is 22.6 Å². The van der Waals surface area contributed by atoms with Gasteiger partial charge in [-0.25, -0.2) is 0 Å². The fourth-order valence-corrected chi connectivity index (χ4v) is 8.96. The molecule has 242 valence electrons. The fourth-order valence-electron chi connectivity index (χ4n) is 8.96. The molecule has 2 aliphatic heterocycles. The summed E-state index contributed by atoms with van der Waals surface area (Å²) in [6, 6.07) is 50.9. The molecule has 0 saturated heterocycles. The Balaban J connectivity index is 1.00. The summed E-state index contributed by atoms with van der Waals surface area (Å²) in [5, 5.41) is 2.56. The Morgan fingerprint density at radius 1 is 0.569 bits per heavy atom. The second-order valence-electron chi connectivity index (χ2n) is 14.0. The molecule has 4 aliphatic rings. The Kier molecular flexibility index (Phi) is 6.20. The maximum Gasteiger partial charge on any atom is 0.128 e. The number of hydrogen-bond acceptors (Lipinski definition) is 2. The van der Waals surface area contributed by atoms with Gasteiger partial charge in [0.05, 0.1) is 16.7 Å². The van der Waals surface area contributed by atoms with Gasteiger partial charge in [-0.15, -0.1) is 0 Å². The number of ether oxygens (including phenoxy) is 1. The average molecular weight is 655 g/mol. The van der Waals surface area contributed by atoms with Crippen LogP contribution in [-0.4, -0.2) is 10.7 Å². The number of allylic oxidation sites excluding steroid dienone is 6. The lowest BCUT2D eigenvalue weighted by Gasteiger charge is -2.28. The van der Waals surface area contributed by atoms with Crippen molar-refractivity contribution in [1.29, 1.82) is 0 Å². The molecule has 3 unspecified atom stereocenters. The lowest BCUT2D eigenvalue weighted by molar-refractivity contribution is 0.269. The van der Waals surface area contributed by atoms with Gasteiger partial charge in [-0.1, -0.05) is 115 Å². The SMILES string of the molecule is C1=CC2Oc3cccc(N4C5=CC=C(c6ccc7c(c6)c6ccccc6n7-c6ccc(-c7ccccc7)cc6)CC5c5ccccc54)c3C2C=C1. The minimum atomic E-state index is 0.0566. The predicted molar refractivity (Wildman–Crippen MR) is 210 cm³/mol. The van der Waals surface area contributed by atoms with Crippen LogP contribution in [0.4, 0.5) is 11.4 Å². The highest BCUT2D eigenvalue weighted by atomic mass is 16.5. The van der Waals surface area contributed by atoms with Crippen molar-refractivity contribution >= 4 is 38.8 Å². The van der Waals surface area contributed by atoms with Crippen LogP contribution in [0.2, 0.25) is 0 Å². The molecule has 1 aromatic heterocycles. The van der Waals surface area contributed by atoms with Crippen LogP contribution in [0.3, 0.4) is 0 Å². The number of para-hydroxylation sites is 2. The monoisotopic (exact) mass is 654 g/mol. The normalized spacial score (nSPS) is 19.7. The van der Waals surface area contributed by atoms with Gasteiger partial charge in [-0.2, -0.15) is 0 Å². The molecule has 3 heterocycles. The van der Waals surface area contributed by atoms with Crippen LogP contribution in [0.1, 0.15) is 34.9 Å². The van der Waals surface area contributed by atoms with Crippen molar-refractivity contribution in [2.45, 2.75) is 24.4 Å². The third kappa shape index (κ3) is 4.31. The summed E-state index contributed by atoms with van der Waals surface area (Å²) in [6.07, 6.45) is 14.5. The van der Waals surface area contributed by atoms with Gasteiger partial charge in [-0.05, 0) is 94.9 Å². The van der Waals surface area contributed by atoms with Gasteiger partial charge < -0.3 is 14.2 Å². The maximum absolute atomic E-state index is 6.43. The first-order valence-corrected chi connectivity index (χ1v) is 17.9. The van der Waals surface area contributed by atoms with Gasteiger partial charge in [0.2, 0.25) is 0 Å².